The van der Waals surface area contributed by atoms with E-state index in [-0.39, 0.29) is 23.1 Å². The van der Waals surface area contributed by atoms with Crippen LogP contribution in [0.3, 0.4) is 0 Å². The van der Waals surface area contributed by atoms with Crippen LogP contribution in [0.2, 0.25) is 0 Å². The van der Waals surface area contributed by atoms with Gasteiger partial charge in [0.05, 0.1) is 6.20 Å². The van der Waals surface area contributed by atoms with Crippen molar-refractivity contribution >= 4 is 34.1 Å². The number of carbonyl (C=O) groups excluding carboxylic acids is 1. The molecule has 0 bridgehead atoms. The highest BCUT2D eigenvalue weighted by molar-refractivity contribution is 6.09. The van der Waals surface area contributed by atoms with Crippen LogP contribution in [0.25, 0.3) is 22.0 Å². The van der Waals surface area contributed by atoms with Gasteiger partial charge in [-0.25, -0.2) is 24.1 Å². The fraction of sp³-hybridized carbons (Fsp3) is 0.0952. The van der Waals surface area contributed by atoms with Gasteiger partial charge in [-0.3, -0.25) is 4.79 Å². The van der Waals surface area contributed by atoms with Crippen molar-refractivity contribution in [2.75, 3.05) is 10.6 Å². The number of benzene rings is 2. The number of nitrogens with zero attached hydrogens (tertiary/aromatic N) is 7. The summed E-state index contributed by atoms with van der Waals surface area (Å²) in [6, 6.07) is 13.7. The second kappa shape index (κ2) is 7.54. The SMILES string of the molecule is Cc1nonc1C(=O)N(c1cnc(-c2cccc3ccccc23)c(N)n1)c1nonc1C. The summed E-state index contributed by atoms with van der Waals surface area (Å²) < 4.78 is 9.46. The number of nitrogen functional groups attached to an aromatic ring is 1. The van der Waals surface area contributed by atoms with Gasteiger partial charge in [-0.15, -0.1) is 0 Å². The standard InChI is InChI=1S/C21H16N8O3/c1-11-17(27-31-25-11)21(30)29(20-12(2)26-32-28-20)16-10-23-18(19(22)24-16)15-9-5-7-13-6-3-4-8-14(13)15/h3-10H,1-2H3,(H2,22,24). The third-order valence-corrected chi connectivity index (χ3v) is 4.96. The van der Waals surface area contributed by atoms with E-state index in [1.54, 1.807) is 13.8 Å². The van der Waals surface area contributed by atoms with E-state index in [1.807, 2.05) is 42.5 Å². The van der Waals surface area contributed by atoms with Gasteiger partial charge in [0.2, 0.25) is 5.82 Å². The lowest BCUT2D eigenvalue weighted by Crippen LogP contribution is -2.29. The molecule has 11 heteroatoms. The van der Waals surface area contributed by atoms with Crippen LogP contribution in [-0.2, 0) is 0 Å². The van der Waals surface area contributed by atoms with E-state index in [0.29, 0.717) is 17.1 Å². The average molecular weight is 428 g/mol. The number of aromatic nitrogens is 6. The molecule has 0 radical (unpaired) electrons. The number of amides is 1. The molecule has 2 N–H and O–H groups in total. The van der Waals surface area contributed by atoms with Gasteiger partial charge < -0.3 is 5.73 Å². The van der Waals surface area contributed by atoms with Crippen LogP contribution < -0.4 is 10.6 Å². The Morgan fingerprint density at radius 2 is 1.69 bits per heavy atom. The third kappa shape index (κ3) is 3.12. The summed E-state index contributed by atoms with van der Waals surface area (Å²) in [4.78, 5) is 23.4. The van der Waals surface area contributed by atoms with Crippen molar-refractivity contribution in [3.8, 4) is 11.3 Å². The second-order valence-electron chi connectivity index (χ2n) is 7.00. The molecule has 3 heterocycles. The molecule has 0 aliphatic heterocycles. The Kier molecular flexibility index (Phi) is 4.55. The first kappa shape index (κ1) is 19.3. The molecule has 0 spiro atoms. The van der Waals surface area contributed by atoms with Crippen molar-refractivity contribution in [3.05, 3.63) is 65.7 Å². The molecule has 5 rings (SSSR count). The zero-order valence-corrected chi connectivity index (χ0v) is 17.1. The molecule has 1 amide bonds. The van der Waals surface area contributed by atoms with Crippen LogP contribution in [0.4, 0.5) is 17.5 Å². The van der Waals surface area contributed by atoms with Crippen LogP contribution in [-0.4, -0.2) is 36.5 Å². The predicted octanol–water partition coefficient (Wildman–Crippen LogP) is 3.24. The van der Waals surface area contributed by atoms with Gasteiger partial charge in [0.15, 0.2) is 17.3 Å². The lowest BCUT2D eigenvalue weighted by Gasteiger charge is -2.18. The van der Waals surface area contributed by atoms with E-state index in [9.17, 15) is 4.79 Å². The first-order chi connectivity index (χ1) is 15.5. The highest BCUT2D eigenvalue weighted by Crippen LogP contribution is 2.33. The van der Waals surface area contributed by atoms with Gasteiger partial charge in [0.1, 0.15) is 17.1 Å². The fourth-order valence-corrected chi connectivity index (χ4v) is 3.41. The molecule has 2 aromatic carbocycles. The monoisotopic (exact) mass is 428 g/mol. The molecule has 0 fully saturated rings. The van der Waals surface area contributed by atoms with Gasteiger partial charge in [0, 0.05) is 5.56 Å². The van der Waals surface area contributed by atoms with E-state index < -0.39 is 5.91 Å². The van der Waals surface area contributed by atoms with E-state index in [1.165, 1.54) is 6.20 Å². The van der Waals surface area contributed by atoms with Crippen molar-refractivity contribution < 1.29 is 14.1 Å². The van der Waals surface area contributed by atoms with E-state index in [2.05, 4.69) is 35.2 Å². The van der Waals surface area contributed by atoms with E-state index >= 15 is 0 Å². The normalized spacial score (nSPS) is 11.1. The molecule has 0 saturated heterocycles. The number of aryl methyl sites for hydroxylation is 2. The molecule has 0 aliphatic rings. The molecule has 0 unspecified atom stereocenters. The fourth-order valence-electron chi connectivity index (χ4n) is 3.41. The van der Waals surface area contributed by atoms with Crippen LogP contribution >= 0.6 is 0 Å². The highest BCUT2D eigenvalue weighted by atomic mass is 16.6. The minimum atomic E-state index is -0.589. The van der Waals surface area contributed by atoms with Gasteiger partial charge in [-0.1, -0.05) is 52.8 Å². The van der Waals surface area contributed by atoms with Crippen molar-refractivity contribution in [2.45, 2.75) is 13.8 Å². The maximum atomic E-state index is 13.3. The van der Waals surface area contributed by atoms with Gasteiger partial charge in [-0.05, 0) is 34.9 Å². The van der Waals surface area contributed by atoms with Crippen molar-refractivity contribution in [3.63, 3.8) is 0 Å². The Balaban J connectivity index is 1.64. The van der Waals surface area contributed by atoms with Crippen LogP contribution in [0.5, 0.6) is 0 Å². The lowest BCUT2D eigenvalue weighted by molar-refractivity contribution is 0.0987. The zero-order valence-electron chi connectivity index (χ0n) is 17.1. The minimum Gasteiger partial charge on any atom is -0.382 e. The minimum absolute atomic E-state index is 0.00842. The smallest absolute Gasteiger partial charge is 0.289 e. The van der Waals surface area contributed by atoms with Crippen molar-refractivity contribution in [2.24, 2.45) is 0 Å². The first-order valence-corrected chi connectivity index (χ1v) is 9.58. The Hall–Kier alpha value is -4.67. The Morgan fingerprint density at radius 3 is 2.41 bits per heavy atom. The number of hydrogen-bond acceptors (Lipinski definition) is 10. The summed E-state index contributed by atoms with van der Waals surface area (Å²) in [7, 11) is 0. The zero-order chi connectivity index (χ0) is 22.2. The first-order valence-electron chi connectivity index (χ1n) is 9.58. The maximum Gasteiger partial charge on any atom is 0.289 e. The Morgan fingerprint density at radius 1 is 0.938 bits per heavy atom. The predicted molar refractivity (Wildman–Crippen MR) is 114 cm³/mol. The number of anilines is 3. The number of carbonyl (C=O) groups is 1. The van der Waals surface area contributed by atoms with Gasteiger partial charge in [-0.2, -0.15) is 0 Å². The van der Waals surface area contributed by atoms with Gasteiger partial charge >= 0.3 is 0 Å². The number of fused-ring (bicyclic) bond motifs is 1. The molecule has 5 aromatic rings. The molecule has 0 aliphatic carbocycles. The Labute approximate surface area is 180 Å². The molecule has 32 heavy (non-hydrogen) atoms. The van der Waals surface area contributed by atoms with Crippen molar-refractivity contribution in [1.29, 1.82) is 0 Å². The summed E-state index contributed by atoms with van der Waals surface area (Å²) in [5.41, 5.74) is 8.29. The Bertz CT molecular complexity index is 1450. The molecular formula is C21H16N8O3. The molecule has 0 atom stereocenters. The summed E-state index contributed by atoms with van der Waals surface area (Å²) in [5.74, 6) is -0.198. The average Bonchev–Trinajstić information content (AvgIpc) is 3.42. The quantitative estimate of drug-likeness (QED) is 0.452. The summed E-state index contributed by atoms with van der Waals surface area (Å²) in [6.45, 7) is 3.24. The van der Waals surface area contributed by atoms with Gasteiger partial charge in [0.25, 0.3) is 5.91 Å². The molecule has 11 nitrogen and oxygen atoms in total. The van der Waals surface area contributed by atoms with Crippen molar-refractivity contribution in [1.82, 2.24) is 30.6 Å². The second-order valence-corrected chi connectivity index (χ2v) is 7.00. The summed E-state index contributed by atoms with van der Waals surface area (Å²) in [6.07, 6.45) is 1.43. The third-order valence-electron chi connectivity index (χ3n) is 4.96. The maximum absolute atomic E-state index is 13.3. The number of nitrogens with two attached hydrogens (primary N) is 1. The summed E-state index contributed by atoms with van der Waals surface area (Å²) >= 11 is 0. The van der Waals surface area contributed by atoms with E-state index in [0.717, 1.165) is 21.2 Å². The highest BCUT2D eigenvalue weighted by Gasteiger charge is 2.31. The lowest BCUT2D eigenvalue weighted by atomic mass is 10.0. The molecule has 3 aromatic heterocycles. The number of hydrogen-bond donors (Lipinski definition) is 1. The largest absolute Gasteiger partial charge is 0.382 e. The van der Waals surface area contributed by atoms with Crippen LogP contribution in [0.1, 0.15) is 21.9 Å². The summed E-state index contributed by atoms with van der Waals surface area (Å²) in [5, 5.41) is 17.0. The van der Waals surface area contributed by atoms with Crippen LogP contribution in [0, 0.1) is 13.8 Å². The topological polar surface area (TPSA) is 150 Å². The van der Waals surface area contributed by atoms with Crippen LogP contribution in [0.15, 0.2) is 57.9 Å². The molecule has 158 valence electrons. The molecular weight excluding hydrogens is 412 g/mol. The van der Waals surface area contributed by atoms with E-state index in [4.69, 9.17) is 10.4 Å². The number of rotatable bonds is 4. The molecule has 0 saturated carbocycles.